The fourth-order valence-corrected chi connectivity index (χ4v) is 1.95. The molecule has 2 atom stereocenters. The molecule has 1 aliphatic rings. The van der Waals surface area contributed by atoms with E-state index in [4.69, 9.17) is 5.26 Å². The minimum Gasteiger partial charge on any atom is -0.353 e. The molecule has 15 heavy (non-hydrogen) atoms. The third-order valence-corrected chi connectivity index (χ3v) is 3.11. The summed E-state index contributed by atoms with van der Waals surface area (Å²) >= 11 is 0. The maximum atomic E-state index is 8.97. The minimum absolute atomic E-state index is 0.617. The summed E-state index contributed by atoms with van der Waals surface area (Å²) in [5.41, 5.74) is 0.617. The quantitative estimate of drug-likeness (QED) is 0.691. The molecule has 0 radical (unpaired) electrons. The largest absolute Gasteiger partial charge is 0.353 e. The van der Waals surface area contributed by atoms with Crippen LogP contribution in [0.1, 0.15) is 19.4 Å². The summed E-state index contributed by atoms with van der Waals surface area (Å²) in [4.78, 5) is 2.15. The van der Waals surface area contributed by atoms with E-state index >= 15 is 0 Å². The monoisotopic (exact) mass is 202 g/mol. The number of hydrogen-bond acceptors (Lipinski definition) is 4. The molecule has 0 aliphatic carbocycles. The van der Waals surface area contributed by atoms with E-state index in [0.717, 1.165) is 18.9 Å². The molecule has 1 aliphatic heterocycles. The Balaban J connectivity index is 2.28. The number of nitriles is 1. The van der Waals surface area contributed by atoms with Crippen LogP contribution in [0.25, 0.3) is 0 Å². The molecule has 0 amide bonds. The lowest BCUT2D eigenvalue weighted by atomic mass is 10.0. The van der Waals surface area contributed by atoms with Crippen LogP contribution < -0.4 is 4.90 Å². The van der Waals surface area contributed by atoms with Gasteiger partial charge in [-0.2, -0.15) is 10.4 Å². The van der Waals surface area contributed by atoms with Crippen molar-refractivity contribution in [3.05, 3.63) is 17.8 Å². The van der Waals surface area contributed by atoms with Gasteiger partial charge in [0.15, 0.2) is 5.82 Å². The predicted molar refractivity (Wildman–Crippen MR) is 57.3 cm³/mol. The molecule has 1 aromatic heterocycles. The lowest BCUT2D eigenvalue weighted by molar-refractivity contribution is 0.494. The van der Waals surface area contributed by atoms with E-state index < -0.39 is 0 Å². The van der Waals surface area contributed by atoms with Gasteiger partial charge in [-0.3, -0.25) is 0 Å². The Labute approximate surface area is 89.5 Å². The normalized spacial score (nSPS) is 25.3. The van der Waals surface area contributed by atoms with Crippen molar-refractivity contribution in [1.29, 1.82) is 5.26 Å². The first kappa shape index (κ1) is 9.91. The molecule has 0 spiro atoms. The number of rotatable bonds is 1. The van der Waals surface area contributed by atoms with Gasteiger partial charge in [-0.15, -0.1) is 5.10 Å². The highest BCUT2D eigenvalue weighted by Gasteiger charge is 2.28. The number of anilines is 1. The second-order valence-electron chi connectivity index (χ2n) is 4.24. The Morgan fingerprint density at radius 1 is 1.40 bits per heavy atom. The van der Waals surface area contributed by atoms with Crippen LogP contribution in [0.15, 0.2) is 12.3 Å². The Hall–Kier alpha value is -1.63. The van der Waals surface area contributed by atoms with Crippen LogP contribution in [0.5, 0.6) is 0 Å². The van der Waals surface area contributed by atoms with Crippen LogP contribution in [0, 0.1) is 23.2 Å². The smallest absolute Gasteiger partial charge is 0.169 e. The summed E-state index contributed by atoms with van der Waals surface area (Å²) in [5, 5.41) is 16.9. The van der Waals surface area contributed by atoms with Crippen LogP contribution >= 0.6 is 0 Å². The van der Waals surface area contributed by atoms with Crippen LogP contribution in [0.2, 0.25) is 0 Å². The summed E-state index contributed by atoms with van der Waals surface area (Å²) in [6, 6.07) is 3.88. The van der Waals surface area contributed by atoms with Crippen molar-refractivity contribution in [1.82, 2.24) is 10.2 Å². The van der Waals surface area contributed by atoms with Gasteiger partial charge in [0.05, 0.1) is 11.8 Å². The van der Waals surface area contributed by atoms with Crippen molar-refractivity contribution in [2.45, 2.75) is 13.8 Å². The Kier molecular flexibility index (Phi) is 2.55. The van der Waals surface area contributed by atoms with E-state index in [-0.39, 0.29) is 0 Å². The van der Waals surface area contributed by atoms with E-state index in [2.05, 4.69) is 35.0 Å². The maximum absolute atomic E-state index is 8.97. The fourth-order valence-electron chi connectivity index (χ4n) is 1.95. The Morgan fingerprint density at radius 2 is 2.07 bits per heavy atom. The number of nitrogens with zero attached hydrogens (tertiary/aromatic N) is 4. The summed E-state index contributed by atoms with van der Waals surface area (Å²) in [6.07, 6.45) is 1.56. The van der Waals surface area contributed by atoms with Crippen molar-refractivity contribution in [2.75, 3.05) is 18.0 Å². The second-order valence-corrected chi connectivity index (χ2v) is 4.24. The van der Waals surface area contributed by atoms with Crippen molar-refractivity contribution in [3.63, 3.8) is 0 Å². The van der Waals surface area contributed by atoms with E-state index in [1.165, 1.54) is 0 Å². The highest BCUT2D eigenvalue weighted by Crippen LogP contribution is 2.27. The number of hydrogen-bond donors (Lipinski definition) is 0. The third-order valence-electron chi connectivity index (χ3n) is 3.11. The molecule has 4 nitrogen and oxygen atoms in total. The molecule has 0 saturated carbocycles. The summed E-state index contributed by atoms with van der Waals surface area (Å²) in [5.74, 6) is 2.04. The standard InChI is InChI=1S/C11H14N4/c1-8-6-15(7-9(8)2)11-10(5-12)3-4-13-14-11/h3-4,8-9H,6-7H2,1-2H3. The van der Waals surface area contributed by atoms with Gasteiger partial charge < -0.3 is 4.90 Å². The Bertz CT molecular complexity index is 386. The van der Waals surface area contributed by atoms with Gasteiger partial charge in [-0.05, 0) is 17.9 Å². The molecule has 0 bridgehead atoms. The molecule has 4 heteroatoms. The maximum Gasteiger partial charge on any atom is 0.169 e. The fraction of sp³-hybridized carbons (Fsp3) is 0.545. The molecule has 2 heterocycles. The van der Waals surface area contributed by atoms with Gasteiger partial charge in [0, 0.05) is 13.1 Å². The first-order valence-corrected chi connectivity index (χ1v) is 5.19. The second kappa shape index (κ2) is 3.85. The van der Waals surface area contributed by atoms with Gasteiger partial charge in [0.2, 0.25) is 0 Å². The molecular weight excluding hydrogens is 188 g/mol. The van der Waals surface area contributed by atoms with E-state index in [9.17, 15) is 0 Å². The van der Waals surface area contributed by atoms with Crippen LogP contribution in [-0.4, -0.2) is 23.3 Å². The SMILES string of the molecule is CC1CN(c2nnccc2C#N)CC1C. The molecule has 78 valence electrons. The van der Waals surface area contributed by atoms with Crippen LogP contribution in [-0.2, 0) is 0 Å². The zero-order valence-corrected chi connectivity index (χ0v) is 9.01. The average molecular weight is 202 g/mol. The van der Waals surface area contributed by atoms with Gasteiger partial charge in [-0.1, -0.05) is 13.8 Å². The highest BCUT2D eigenvalue weighted by atomic mass is 15.3. The Morgan fingerprint density at radius 3 is 2.67 bits per heavy atom. The molecule has 1 fully saturated rings. The van der Waals surface area contributed by atoms with Crippen LogP contribution in [0.4, 0.5) is 5.82 Å². The molecule has 1 saturated heterocycles. The summed E-state index contributed by atoms with van der Waals surface area (Å²) in [6.45, 7) is 6.39. The zero-order valence-electron chi connectivity index (χ0n) is 9.01. The van der Waals surface area contributed by atoms with Crippen molar-refractivity contribution in [3.8, 4) is 6.07 Å². The van der Waals surface area contributed by atoms with Crippen molar-refractivity contribution >= 4 is 5.82 Å². The summed E-state index contributed by atoms with van der Waals surface area (Å²) < 4.78 is 0. The van der Waals surface area contributed by atoms with Gasteiger partial charge in [0.25, 0.3) is 0 Å². The van der Waals surface area contributed by atoms with Gasteiger partial charge in [0.1, 0.15) is 6.07 Å². The molecular formula is C11H14N4. The van der Waals surface area contributed by atoms with Gasteiger partial charge in [-0.25, -0.2) is 0 Å². The highest BCUT2D eigenvalue weighted by molar-refractivity contribution is 5.53. The molecule has 1 aromatic rings. The molecule has 2 rings (SSSR count). The average Bonchev–Trinajstić information content (AvgIpc) is 2.59. The zero-order chi connectivity index (χ0) is 10.8. The number of aromatic nitrogens is 2. The lowest BCUT2D eigenvalue weighted by Crippen LogP contribution is -2.22. The third kappa shape index (κ3) is 1.78. The van der Waals surface area contributed by atoms with Crippen molar-refractivity contribution in [2.24, 2.45) is 11.8 Å². The molecule has 0 N–H and O–H groups in total. The van der Waals surface area contributed by atoms with Crippen LogP contribution in [0.3, 0.4) is 0 Å². The topological polar surface area (TPSA) is 52.8 Å². The first-order valence-electron chi connectivity index (χ1n) is 5.19. The molecule has 0 aromatic carbocycles. The minimum atomic E-state index is 0.617. The van der Waals surface area contributed by atoms with E-state index in [1.807, 2.05) is 0 Å². The lowest BCUT2D eigenvalue weighted by Gasteiger charge is -2.16. The van der Waals surface area contributed by atoms with E-state index in [1.54, 1.807) is 12.3 Å². The summed E-state index contributed by atoms with van der Waals surface area (Å²) in [7, 11) is 0. The predicted octanol–water partition coefficient (Wildman–Crippen LogP) is 1.44. The first-order chi connectivity index (χ1) is 7.22. The van der Waals surface area contributed by atoms with Crippen molar-refractivity contribution < 1.29 is 0 Å². The van der Waals surface area contributed by atoms with E-state index in [0.29, 0.717) is 17.4 Å². The molecule has 2 unspecified atom stereocenters. The van der Waals surface area contributed by atoms with Gasteiger partial charge >= 0.3 is 0 Å².